The zero-order valence-electron chi connectivity index (χ0n) is 12.6. The molecule has 1 amide bonds. The number of hydrogen-bond acceptors (Lipinski definition) is 2. The number of rotatable bonds is 4. The highest BCUT2D eigenvalue weighted by molar-refractivity contribution is 6.36. The van der Waals surface area contributed by atoms with Crippen molar-refractivity contribution in [2.45, 2.75) is 19.3 Å². The minimum atomic E-state index is -0.782. The highest BCUT2D eigenvalue weighted by Crippen LogP contribution is 2.33. The maximum Gasteiger partial charge on any atom is 0.234 e. The fraction of sp³-hybridized carbons (Fsp3) is 0.235. The highest BCUT2D eigenvalue weighted by Gasteiger charge is 2.32. The molecular formula is C17H17Cl2NO2. The number of anilines is 1. The van der Waals surface area contributed by atoms with Crippen LogP contribution in [0.3, 0.4) is 0 Å². The summed E-state index contributed by atoms with van der Waals surface area (Å²) in [6.45, 7) is 3.67. The maximum absolute atomic E-state index is 12.7. The van der Waals surface area contributed by atoms with E-state index in [1.165, 1.54) is 0 Å². The number of carbonyl (C=O) groups is 1. The van der Waals surface area contributed by atoms with Crippen LogP contribution in [0.1, 0.15) is 19.4 Å². The number of hydrogen-bond donors (Lipinski definition) is 1. The van der Waals surface area contributed by atoms with Gasteiger partial charge in [-0.05, 0) is 38.1 Å². The minimum Gasteiger partial charge on any atom is -0.496 e. The van der Waals surface area contributed by atoms with Gasteiger partial charge < -0.3 is 10.1 Å². The van der Waals surface area contributed by atoms with Gasteiger partial charge in [0.25, 0.3) is 0 Å². The smallest absolute Gasteiger partial charge is 0.234 e. The van der Waals surface area contributed by atoms with Crippen LogP contribution in [0.2, 0.25) is 10.0 Å². The van der Waals surface area contributed by atoms with Crippen LogP contribution in [0.15, 0.2) is 42.5 Å². The van der Waals surface area contributed by atoms with E-state index >= 15 is 0 Å². The van der Waals surface area contributed by atoms with E-state index in [2.05, 4.69) is 5.32 Å². The summed E-state index contributed by atoms with van der Waals surface area (Å²) in [7, 11) is 1.59. The van der Waals surface area contributed by atoms with Crippen LogP contribution in [-0.4, -0.2) is 13.0 Å². The lowest BCUT2D eigenvalue weighted by Gasteiger charge is -2.26. The number of amides is 1. The van der Waals surface area contributed by atoms with Crippen molar-refractivity contribution in [1.29, 1.82) is 0 Å². The summed E-state index contributed by atoms with van der Waals surface area (Å²) in [5.74, 6) is 0.492. The van der Waals surface area contributed by atoms with Crippen LogP contribution in [0.4, 0.5) is 5.69 Å². The van der Waals surface area contributed by atoms with Gasteiger partial charge in [0, 0.05) is 10.6 Å². The molecule has 0 aromatic heterocycles. The molecule has 0 aliphatic rings. The highest BCUT2D eigenvalue weighted by atomic mass is 35.5. The molecule has 0 radical (unpaired) electrons. The molecule has 5 heteroatoms. The molecule has 2 aromatic rings. The van der Waals surface area contributed by atoms with Gasteiger partial charge in [-0.25, -0.2) is 0 Å². The van der Waals surface area contributed by atoms with E-state index in [-0.39, 0.29) is 5.91 Å². The van der Waals surface area contributed by atoms with E-state index in [0.717, 1.165) is 5.56 Å². The number of methoxy groups -OCH3 is 1. The first-order chi connectivity index (χ1) is 10.4. The van der Waals surface area contributed by atoms with Crippen molar-refractivity contribution >= 4 is 34.8 Å². The third-order valence-electron chi connectivity index (χ3n) is 3.53. The fourth-order valence-electron chi connectivity index (χ4n) is 2.15. The van der Waals surface area contributed by atoms with E-state index in [0.29, 0.717) is 21.5 Å². The van der Waals surface area contributed by atoms with Crippen molar-refractivity contribution in [3.8, 4) is 5.75 Å². The third-order valence-corrected chi connectivity index (χ3v) is 4.08. The van der Waals surface area contributed by atoms with Crippen molar-refractivity contribution in [3.05, 3.63) is 58.1 Å². The Balaban J connectivity index is 2.31. The first-order valence-corrected chi connectivity index (χ1v) is 7.52. The van der Waals surface area contributed by atoms with Gasteiger partial charge in [-0.3, -0.25) is 4.79 Å². The van der Waals surface area contributed by atoms with E-state index in [4.69, 9.17) is 27.9 Å². The van der Waals surface area contributed by atoms with Gasteiger partial charge in [-0.2, -0.15) is 0 Å². The molecule has 0 aliphatic carbocycles. The summed E-state index contributed by atoms with van der Waals surface area (Å²) in [4.78, 5) is 12.7. The van der Waals surface area contributed by atoms with Crippen LogP contribution in [-0.2, 0) is 10.2 Å². The monoisotopic (exact) mass is 337 g/mol. The second kappa shape index (κ2) is 6.59. The Kier molecular flexibility index (Phi) is 4.99. The van der Waals surface area contributed by atoms with Crippen LogP contribution < -0.4 is 10.1 Å². The molecule has 0 atom stereocenters. The van der Waals surface area contributed by atoms with Crippen LogP contribution in [0, 0.1) is 0 Å². The van der Waals surface area contributed by atoms with Crippen LogP contribution in [0.25, 0.3) is 0 Å². The summed E-state index contributed by atoms with van der Waals surface area (Å²) in [5.41, 5.74) is 0.550. The Morgan fingerprint density at radius 2 is 1.82 bits per heavy atom. The van der Waals surface area contributed by atoms with Gasteiger partial charge in [0.1, 0.15) is 5.75 Å². The number of halogens is 2. The van der Waals surface area contributed by atoms with Gasteiger partial charge in [0.15, 0.2) is 0 Å². The van der Waals surface area contributed by atoms with Gasteiger partial charge >= 0.3 is 0 Å². The molecule has 0 aliphatic heterocycles. The van der Waals surface area contributed by atoms with Gasteiger partial charge in [-0.1, -0.05) is 41.4 Å². The molecule has 2 aromatic carbocycles. The standard InChI is InChI=1S/C17H17Cl2NO2/c1-17(2,12-6-4-5-7-15(12)22-3)16(21)20-14-9-8-11(18)10-13(14)19/h4-10H,1-3H3,(H,20,21). The largest absolute Gasteiger partial charge is 0.496 e. The van der Waals surface area contributed by atoms with Crippen molar-refractivity contribution < 1.29 is 9.53 Å². The molecule has 0 spiro atoms. The third kappa shape index (κ3) is 3.37. The molecule has 2 rings (SSSR count). The SMILES string of the molecule is COc1ccccc1C(C)(C)C(=O)Nc1ccc(Cl)cc1Cl. The molecule has 0 unspecified atom stereocenters. The summed E-state index contributed by atoms with van der Waals surface area (Å²) in [5, 5.41) is 3.76. The Bertz CT molecular complexity index is 699. The first-order valence-electron chi connectivity index (χ1n) is 6.76. The van der Waals surface area contributed by atoms with Crippen molar-refractivity contribution in [1.82, 2.24) is 0 Å². The summed E-state index contributed by atoms with van der Waals surface area (Å²) < 4.78 is 5.35. The van der Waals surface area contributed by atoms with E-state index in [1.807, 2.05) is 38.1 Å². The van der Waals surface area contributed by atoms with Gasteiger partial charge in [0.2, 0.25) is 5.91 Å². The minimum absolute atomic E-state index is 0.179. The molecule has 0 bridgehead atoms. The Morgan fingerprint density at radius 1 is 1.14 bits per heavy atom. The fourth-order valence-corrected chi connectivity index (χ4v) is 2.61. The predicted octanol–water partition coefficient (Wildman–Crippen LogP) is 4.92. The average Bonchev–Trinajstić information content (AvgIpc) is 2.49. The molecule has 0 saturated heterocycles. The average molecular weight is 338 g/mol. The van der Waals surface area contributed by atoms with E-state index < -0.39 is 5.41 Å². The summed E-state index contributed by atoms with van der Waals surface area (Å²) in [6.07, 6.45) is 0. The van der Waals surface area contributed by atoms with Crippen molar-refractivity contribution in [3.63, 3.8) is 0 Å². The number of nitrogens with one attached hydrogen (secondary N) is 1. The summed E-state index contributed by atoms with van der Waals surface area (Å²) in [6, 6.07) is 12.4. The normalized spacial score (nSPS) is 11.1. The van der Waals surface area contributed by atoms with Crippen molar-refractivity contribution in [2.75, 3.05) is 12.4 Å². The molecule has 3 nitrogen and oxygen atoms in total. The summed E-state index contributed by atoms with van der Waals surface area (Å²) >= 11 is 12.0. The maximum atomic E-state index is 12.7. The zero-order valence-corrected chi connectivity index (χ0v) is 14.1. The second-order valence-electron chi connectivity index (χ2n) is 5.40. The topological polar surface area (TPSA) is 38.3 Å². The number of para-hydroxylation sites is 1. The number of ether oxygens (including phenoxy) is 1. The Hall–Kier alpha value is -1.71. The van der Waals surface area contributed by atoms with Crippen LogP contribution >= 0.6 is 23.2 Å². The Morgan fingerprint density at radius 3 is 2.45 bits per heavy atom. The lowest BCUT2D eigenvalue weighted by molar-refractivity contribution is -0.120. The first kappa shape index (κ1) is 16.7. The lowest BCUT2D eigenvalue weighted by atomic mass is 9.83. The predicted molar refractivity (Wildman–Crippen MR) is 91.1 cm³/mol. The second-order valence-corrected chi connectivity index (χ2v) is 6.25. The Labute approximate surface area is 140 Å². The number of benzene rings is 2. The van der Waals surface area contributed by atoms with Crippen LogP contribution in [0.5, 0.6) is 5.75 Å². The van der Waals surface area contributed by atoms with E-state index in [1.54, 1.807) is 25.3 Å². The lowest BCUT2D eigenvalue weighted by Crippen LogP contribution is -2.35. The molecule has 116 valence electrons. The molecule has 22 heavy (non-hydrogen) atoms. The van der Waals surface area contributed by atoms with E-state index in [9.17, 15) is 4.79 Å². The van der Waals surface area contributed by atoms with Gasteiger partial charge in [-0.15, -0.1) is 0 Å². The zero-order chi connectivity index (χ0) is 16.3. The molecule has 0 fully saturated rings. The molecule has 0 saturated carbocycles. The van der Waals surface area contributed by atoms with Crippen molar-refractivity contribution in [2.24, 2.45) is 0 Å². The molecular weight excluding hydrogens is 321 g/mol. The van der Waals surface area contributed by atoms with Gasteiger partial charge in [0.05, 0.1) is 23.2 Å². The quantitative estimate of drug-likeness (QED) is 0.859. The number of carbonyl (C=O) groups excluding carboxylic acids is 1. The molecule has 0 heterocycles. The molecule has 1 N–H and O–H groups in total.